The fraction of sp³-hybridized carbons (Fsp3) is 0.250. The number of hydrogen-bond donors (Lipinski definition) is 0. The summed E-state index contributed by atoms with van der Waals surface area (Å²) in [6, 6.07) is 3.35. The Morgan fingerprint density at radius 2 is 2.00 bits per heavy atom. The summed E-state index contributed by atoms with van der Waals surface area (Å²) in [6.45, 7) is -4.78. The van der Waals surface area contributed by atoms with Crippen LogP contribution in [0.5, 0.6) is 0 Å². The van der Waals surface area contributed by atoms with Crippen LogP contribution in [0.3, 0.4) is 0 Å². The quantitative estimate of drug-likeness (QED) is 0.586. The van der Waals surface area contributed by atoms with Crippen molar-refractivity contribution in [3.8, 4) is 0 Å². The van der Waals surface area contributed by atoms with E-state index >= 15 is 0 Å². The molecule has 0 saturated heterocycles. The fourth-order valence-corrected chi connectivity index (χ4v) is 3.02. The van der Waals surface area contributed by atoms with Crippen molar-refractivity contribution in [2.75, 3.05) is 6.26 Å². The van der Waals surface area contributed by atoms with Crippen LogP contribution >= 0.6 is 0 Å². The molecule has 1 aromatic carbocycles. The molecule has 8 heteroatoms. The molecule has 0 N–H and O–H groups in total. The number of rotatable bonds is 1. The molecule has 1 aliphatic rings. The van der Waals surface area contributed by atoms with Crippen LogP contribution in [0.4, 0.5) is 12.9 Å². The van der Waals surface area contributed by atoms with Gasteiger partial charge in [0.1, 0.15) is 0 Å². The minimum Gasteiger partial charge on any atom is -0.445 e. The standard InChI is InChI=1S/C8H8BF3NOS.K/c1-15(14)8-4-7(9(10,11)12)3-2-6(8)5-13-15;/h2-4H,5H2,1H3;/q-1;+1. The molecule has 82 valence electrons. The van der Waals surface area contributed by atoms with Gasteiger partial charge in [0.25, 0.3) is 0 Å². The normalized spacial score (nSPS) is 23.2. The minimum atomic E-state index is -5.03. The Balaban J connectivity index is 0.00000128. The summed E-state index contributed by atoms with van der Waals surface area (Å²) in [6.07, 6.45) is 1.37. The van der Waals surface area contributed by atoms with Gasteiger partial charge in [0.2, 0.25) is 0 Å². The Morgan fingerprint density at radius 1 is 1.38 bits per heavy atom. The molecule has 16 heavy (non-hydrogen) atoms. The Kier molecular flexibility index (Phi) is 4.36. The Labute approximate surface area is 135 Å². The minimum absolute atomic E-state index is 0. The molecule has 0 spiro atoms. The van der Waals surface area contributed by atoms with Crippen molar-refractivity contribution in [1.82, 2.24) is 0 Å². The number of nitrogens with zero attached hydrogens (tertiary/aromatic N) is 1. The zero-order chi connectivity index (χ0) is 11.3. The summed E-state index contributed by atoms with van der Waals surface area (Å²) in [5, 5.41) is 0. The monoisotopic (exact) mass is 273 g/mol. The Bertz CT molecular complexity index is 537. The van der Waals surface area contributed by atoms with Gasteiger partial charge in [-0.25, -0.2) is 8.57 Å². The fourth-order valence-electron chi connectivity index (χ4n) is 1.52. The SMILES string of the molecule is CS1(=O)=NCc2ccc([B-](F)(F)F)cc21.[K+]. The van der Waals surface area contributed by atoms with E-state index in [1.807, 2.05) is 0 Å². The van der Waals surface area contributed by atoms with E-state index in [0.29, 0.717) is 5.56 Å². The van der Waals surface area contributed by atoms with Gasteiger partial charge in [0.05, 0.1) is 16.3 Å². The Morgan fingerprint density at radius 3 is 2.56 bits per heavy atom. The van der Waals surface area contributed by atoms with Gasteiger partial charge in [0, 0.05) is 11.2 Å². The third-order valence-corrected chi connectivity index (χ3v) is 4.18. The van der Waals surface area contributed by atoms with Gasteiger partial charge >= 0.3 is 58.4 Å². The molecule has 0 amide bonds. The van der Waals surface area contributed by atoms with Gasteiger partial charge in [-0.15, -0.1) is 5.46 Å². The zero-order valence-electron chi connectivity index (χ0n) is 8.91. The smallest absolute Gasteiger partial charge is 0.445 e. The first-order chi connectivity index (χ1) is 6.81. The maximum absolute atomic E-state index is 12.4. The first-order valence-electron chi connectivity index (χ1n) is 4.31. The van der Waals surface area contributed by atoms with Crippen molar-refractivity contribution in [3.05, 3.63) is 23.8 Å². The summed E-state index contributed by atoms with van der Waals surface area (Å²) >= 11 is 0. The molecule has 1 aliphatic heterocycles. The van der Waals surface area contributed by atoms with Gasteiger partial charge in [0.15, 0.2) is 0 Å². The zero-order valence-corrected chi connectivity index (χ0v) is 12.9. The topological polar surface area (TPSA) is 29.4 Å². The van der Waals surface area contributed by atoms with E-state index in [-0.39, 0.29) is 62.8 Å². The van der Waals surface area contributed by atoms with E-state index in [9.17, 15) is 17.2 Å². The molecule has 0 saturated carbocycles. The van der Waals surface area contributed by atoms with Crippen molar-refractivity contribution in [1.29, 1.82) is 0 Å². The number of benzene rings is 1. The second-order valence-electron chi connectivity index (χ2n) is 3.53. The summed E-state index contributed by atoms with van der Waals surface area (Å²) < 4.78 is 52.9. The molecule has 2 nitrogen and oxygen atoms in total. The van der Waals surface area contributed by atoms with Crippen molar-refractivity contribution in [3.63, 3.8) is 0 Å². The van der Waals surface area contributed by atoms with Crippen LogP contribution in [0.2, 0.25) is 0 Å². The molecule has 0 bridgehead atoms. The predicted octanol–water partition coefficient (Wildman–Crippen LogP) is -1.28. The average Bonchev–Trinajstić information content (AvgIpc) is 2.41. The van der Waals surface area contributed by atoms with Crippen LogP contribution in [-0.4, -0.2) is 17.4 Å². The third kappa shape index (κ3) is 2.73. The van der Waals surface area contributed by atoms with E-state index in [4.69, 9.17) is 0 Å². The molecule has 1 atom stereocenters. The predicted molar refractivity (Wildman–Crippen MR) is 53.6 cm³/mol. The van der Waals surface area contributed by atoms with Crippen molar-refractivity contribution in [2.24, 2.45) is 4.36 Å². The van der Waals surface area contributed by atoms with E-state index in [0.717, 1.165) is 12.1 Å². The van der Waals surface area contributed by atoms with Crippen LogP contribution in [0, 0.1) is 0 Å². The molecule has 0 radical (unpaired) electrons. The maximum Gasteiger partial charge on any atom is 1.00 e. The van der Waals surface area contributed by atoms with Crippen LogP contribution < -0.4 is 56.8 Å². The van der Waals surface area contributed by atoms with Crippen LogP contribution in [0.25, 0.3) is 0 Å². The van der Waals surface area contributed by atoms with E-state index in [2.05, 4.69) is 4.36 Å². The van der Waals surface area contributed by atoms with Crippen molar-refractivity contribution < 1.29 is 68.5 Å². The molecule has 0 aliphatic carbocycles. The molecule has 0 aromatic heterocycles. The van der Waals surface area contributed by atoms with Gasteiger partial charge in [-0.2, -0.15) is 0 Å². The largest absolute Gasteiger partial charge is 1.00 e. The van der Waals surface area contributed by atoms with Gasteiger partial charge in [-0.05, 0) is 5.56 Å². The summed E-state index contributed by atoms with van der Waals surface area (Å²) in [4.78, 5) is 0.235. The molecular formula is C8H8BF3KNOS. The second kappa shape index (κ2) is 4.74. The number of fused-ring (bicyclic) bond motifs is 1. The number of hydrogen-bond acceptors (Lipinski definition) is 2. The molecule has 2 rings (SSSR count). The van der Waals surface area contributed by atoms with Gasteiger partial charge in [-0.1, -0.05) is 18.2 Å². The Hall–Kier alpha value is 0.661. The second-order valence-corrected chi connectivity index (χ2v) is 5.83. The van der Waals surface area contributed by atoms with E-state index in [1.165, 1.54) is 12.3 Å². The van der Waals surface area contributed by atoms with E-state index in [1.54, 1.807) is 0 Å². The average molecular weight is 273 g/mol. The first kappa shape index (κ1) is 14.7. The third-order valence-electron chi connectivity index (χ3n) is 2.36. The summed E-state index contributed by atoms with van der Waals surface area (Å²) in [5.74, 6) is 0. The molecular weight excluding hydrogens is 265 g/mol. The number of halogens is 3. The van der Waals surface area contributed by atoms with Gasteiger partial charge in [-0.3, -0.25) is 0 Å². The molecule has 1 aromatic rings. The maximum atomic E-state index is 12.4. The summed E-state index contributed by atoms with van der Waals surface area (Å²) in [7, 11) is -2.60. The van der Waals surface area contributed by atoms with E-state index < -0.39 is 22.2 Å². The van der Waals surface area contributed by atoms with Crippen LogP contribution in [0.15, 0.2) is 27.5 Å². The van der Waals surface area contributed by atoms with Gasteiger partial charge < -0.3 is 12.9 Å². The molecule has 1 heterocycles. The van der Waals surface area contributed by atoms with Crippen LogP contribution in [-0.2, 0) is 16.3 Å². The first-order valence-corrected chi connectivity index (χ1v) is 6.24. The molecule has 0 fully saturated rings. The molecule has 1 unspecified atom stereocenters. The summed E-state index contributed by atoms with van der Waals surface area (Å²) in [5.41, 5.74) is -0.0771. The van der Waals surface area contributed by atoms with Crippen molar-refractivity contribution >= 4 is 22.2 Å². The van der Waals surface area contributed by atoms with Crippen molar-refractivity contribution in [2.45, 2.75) is 11.4 Å². The van der Waals surface area contributed by atoms with Crippen LogP contribution in [0.1, 0.15) is 5.56 Å².